The lowest BCUT2D eigenvalue weighted by Crippen LogP contribution is -2.63. The first-order chi connectivity index (χ1) is 17.5. The van der Waals surface area contributed by atoms with E-state index in [-0.39, 0.29) is 60.3 Å². The largest absolute Gasteiger partial charge is 0.511 e. The lowest BCUT2D eigenvalue weighted by molar-refractivity contribution is -0.160. The molecule has 1 fully saturated rings. The molecule has 3 aliphatic carbocycles. The lowest BCUT2D eigenvalue weighted by atomic mass is 9.51. The minimum absolute atomic E-state index is 0.0179. The summed E-state index contributed by atoms with van der Waals surface area (Å²) in [6.07, 6.45) is 1.48. The van der Waals surface area contributed by atoms with Crippen molar-refractivity contribution in [3.63, 3.8) is 0 Å². The third-order valence-electron chi connectivity index (χ3n) is 8.68. The van der Waals surface area contributed by atoms with E-state index in [1.807, 2.05) is 4.90 Å². The van der Waals surface area contributed by atoms with Crippen LogP contribution in [0.3, 0.4) is 0 Å². The Morgan fingerprint density at radius 2 is 1.97 bits per heavy atom. The Hall–Kier alpha value is -3.08. The van der Waals surface area contributed by atoms with Gasteiger partial charge in [-0.15, -0.1) is 0 Å². The molecule has 37 heavy (non-hydrogen) atoms. The van der Waals surface area contributed by atoms with Crippen molar-refractivity contribution >= 4 is 17.9 Å². The second-order valence-corrected chi connectivity index (χ2v) is 11.0. The number of aliphatic hydroxyl groups excluding tert-OH is 2. The molecule has 1 aliphatic heterocycles. The van der Waals surface area contributed by atoms with Crippen LogP contribution >= 0.6 is 0 Å². The summed E-state index contributed by atoms with van der Waals surface area (Å²) in [6, 6.07) is 0.933. The van der Waals surface area contributed by atoms with Crippen molar-refractivity contribution in [2.75, 3.05) is 27.2 Å². The van der Waals surface area contributed by atoms with Crippen molar-refractivity contribution in [2.24, 2.45) is 11.3 Å². The summed E-state index contributed by atoms with van der Waals surface area (Å²) < 4.78 is 15.8. The van der Waals surface area contributed by atoms with E-state index >= 15 is 4.39 Å². The number of ketones is 2. The number of carbonyl (C=O) groups excluding carboxylic acids is 3. The van der Waals surface area contributed by atoms with Crippen LogP contribution in [0, 0.1) is 17.2 Å². The average Bonchev–Trinajstić information content (AvgIpc) is 3.37. The van der Waals surface area contributed by atoms with Gasteiger partial charge < -0.3 is 30.6 Å². The number of phenols is 1. The summed E-state index contributed by atoms with van der Waals surface area (Å²) in [6.45, 7) is 1.08. The monoisotopic (exact) mass is 514 g/mol. The third-order valence-corrected chi connectivity index (χ3v) is 8.68. The molecule has 10 heteroatoms. The van der Waals surface area contributed by atoms with Crippen LogP contribution in [0.15, 0.2) is 28.7 Å². The molecule has 5 rings (SSSR count). The first-order valence-corrected chi connectivity index (χ1v) is 12.5. The number of rotatable bonds is 5. The fourth-order valence-corrected chi connectivity index (χ4v) is 6.80. The van der Waals surface area contributed by atoms with Crippen molar-refractivity contribution in [3.05, 3.63) is 51.2 Å². The van der Waals surface area contributed by atoms with Crippen molar-refractivity contribution < 1.29 is 39.2 Å². The topological polar surface area (TPSA) is 147 Å². The van der Waals surface area contributed by atoms with Gasteiger partial charge in [-0.3, -0.25) is 14.4 Å². The zero-order chi connectivity index (χ0) is 26.9. The number of aldehydes is 1. The Morgan fingerprint density at radius 3 is 2.59 bits per heavy atom. The van der Waals surface area contributed by atoms with Gasteiger partial charge in [0.2, 0.25) is 5.78 Å². The van der Waals surface area contributed by atoms with E-state index in [0.29, 0.717) is 19.5 Å². The van der Waals surface area contributed by atoms with E-state index in [0.717, 1.165) is 6.42 Å². The zero-order valence-corrected chi connectivity index (χ0v) is 20.8. The predicted molar refractivity (Wildman–Crippen MR) is 130 cm³/mol. The van der Waals surface area contributed by atoms with Gasteiger partial charge in [-0.25, -0.2) is 4.39 Å². The summed E-state index contributed by atoms with van der Waals surface area (Å²) in [5.74, 6) is -5.21. The number of hydrogen-bond donors (Lipinski definition) is 5. The van der Waals surface area contributed by atoms with Gasteiger partial charge in [0.15, 0.2) is 17.7 Å². The number of nitrogens with one attached hydrogen (secondary N) is 1. The van der Waals surface area contributed by atoms with Crippen molar-refractivity contribution in [1.82, 2.24) is 10.2 Å². The number of Topliss-reactive ketones (excluding diaryl/α,β-unsaturated/α-hetero) is 2. The van der Waals surface area contributed by atoms with Crippen LogP contribution in [0.1, 0.15) is 59.6 Å². The molecule has 0 bridgehead atoms. The first-order valence-electron chi connectivity index (χ1n) is 12.5. The summed E-state index contributed by atoms with van der Waals surface area (Å²) in [5.41, 5.74) is -4.97. The molecular weight excluding hydrogens is 483 g/mol. The molecule has 1 aromatic rings. The van der Waals surface area contributed by atoms with E-state index in [1.54, 1.807) is 14.1 Å². The number of benzene rings is 1. The van der Waals surface area contributed by atoms with Crippen LogP contribution in [-0.2, 0) is 16.0 Å². The molecule has 5 N–H and O–H groups in total. The number of aromatic hydroxyl groups is 1. The number of hydrogen-bond acceptors (Lipinski definition) is 9. The molecule has 1 aromatic carbocycles. The van der Waals surface area contributed by atoms with E-state index < -0.39 is 57.2 Å². The standard InChI is InChI=1S/C27H31FN2O7/c1-30(2)7-5-26-10-13-8-15-21(18(32)9-14(22(15)28)17-4-3-6-29-17)23(34)20(13)25(36)27(26,37)24(35)16(12-31)19(33)11-26/h9,12-13,17,29,32-33,36-37H,3-8,10-11H2,1-2H3/t13?,17?,26-,27+/m0/s1. The third kappa shape index (κ3) is 3.49. The minimum Gasteiger partial charge on any atom is -0.511 e. The highest BCUT2D eigenvalue weighted by molar-refractivity contribution is 6.20. The van der Waals surface area contributed by atoms with Gasteiger partial charge in [-0.05, 0) is 71.3 Å². The molecule has 198 valence electrons. The van der Waals surface area contributed by atoms with E-state index in [1.165, 1.54) is 6.07 Å². The van der Waals surface area contributed by atoms with Crippen LogP contribution in [0.4, 0.5) is 4.39 Å². The number of phenolic OH excluding ortho intramolecular Hbond substituents is 1. The average molecular weight is 515 g/mol. The van der Waals surface area contributed by atoms with E-state index in [9.17, 15) is 34.8 Å². The number of halogens is 1. The zero-order valence-electron chi connectivity index (χ0n) is 20.8. The van der Waals surface area contributed by atoms with E-state index in [4.69, 9.17) is 0 Å². The molecule has 1 heterocycles. The van der Waals surface area contributed by atoms with Gasteiger partial charge in [0.1, 0.15) is 23.1 Å². The van der Waals surface area contributed by atoms with Gasteiger partial charge in [0.05, 0.1) is 11.1 Å². The second-order valence-electron chi connectivity index (χ2n) is 11.0. The predicted octanol–water partition coefficient (Wildman–Crippen LogP) is 2.18. The maximum atomic E-state index is 15.8. The molecule has 9 nitrogen and oxygen atoms in total. The van der Waals surface area contributed by atoms with Gasteiger partial charge in [0.25, 0.3) is 0 Å². The first kappa shape index (κ1) is 25.6. The summed E-state index contributed by atoms with van der Waals surface area (Å²) in [4.78, 5) is 40.5. The quantitative estimate of drug-likeness (QED) is 0.295. The number of aliphatic hydroxyl groups is 3. The summed E-state index contributed by atoms with van der Waals surface area (Å²) >= 11 is 0. The molecule has 0 amide bonds. The maximum absolute atomic E-state index is 15.8. The fraction of sp³-hybridized carbons (Fsp3) is 0.519. The fourth-order valence-electron chi connectivity index (χ4n) is 6.80. The summed E-state index contributed by atoms with van der Waals surface area (Å²) in [7, 11) is 3.57. The number of nitrogens with zero attached hydrogens (tertiary/aromatic N) is 1. The lowest BCUT2D eigenvalue weighted by Gasteiger charge is -2.54. The Morgan fingerprint density at radius 1 is 1.24 bits per heavy atom. The Labute approximate surface area is 213 Å². The highest BCUT2D eigenvalue weighted by Crippen LogP contribution is 2.59. The van der Waals surface area contributed by atoms with Gasteiger partial charge in [-0.2, -0.15) is 0 Å². The second kappa shape index (κ2) is 8.75. The molecule has 0 aromatic heterocycles. The number of carbonyl (C=O) groups is 3. The molecule has 0 spiro atoms. The van der Waals surface area contributed by atoms with Crippen molar-refractivity contribution in [2.45, 2.75) is 50.2 Å². The Kier molecular flexibility index (Phi) is 6.04. The molecule has 4 aliphatic rings. The van der Waals surface area contributed by atoms with Crippen LogP contribution in [0.25, 0.3) is 0 Å². The normalized spacial score (nSPS) is 31.5. The highest BCUT2D eigenvalue weighted by atomic mass is 19.1. The van der Waals surface area contributed by atoms with Crippen molar-refractivity contribution in [1.29, 1.82) is 0 Å². The van der Waals surface area contributed by atoms with Gasteiger partial charge in [-0.1, -0.05) is 0 Å². The maximum Gasteiger partial charge on any atom is 0.209 e. The molecule has 0 radical (unpaired) electrons. The van der Waals surface area contributed by atoms with Gasteiger partial charge in [0, 0.05) is 34.6 Å². The number of allylic oxidation sites excluding steroid dienone is 2. The van der Waals surface area contributed by atoms with Crippen LogP contribution in [0.2, 0.25) is 0 Å². The Bertz CT molecular complexity index is 1280. The highest BCUT2D eigenvalue weighted by Gasteiger charge is 2.66. The van der Waals surface area contributed by atoms with Crippen molar-refractivity contribution in [3.8, 4) is 5.75 Å². The molecular formula is C27H31FN2O7. The molecule has 0 saturated carbocycles. The molecule has 1 saturated heterocycles. The molecule has 2 unspecified atom stereocenters. The minimum atomic E-state index is -2.63. The Balaban J connectivity index is 1.69. The SMILES string of the molecule is CN(C)CC[C@]12CC(O)=C(C=O)C(=O)[C@@]1(O)C(O)=C1C(=O)c3c(O)cc(C4CCCN4)c(F)c3CC1C2. The number of fused-ring (bicyclic) bond motifs is 3. The van der Waals surface area contributed by atoms with Crippen LogP contribution in [0.5, 0.6) is 5.75 Å². The smallest absolute Gasteiger partial charge is 0.209 e. The van der Waals surface area contributed by atoms with Gasteiger partial charge >= 0.3 is 0 Å². The molecule has 4 atom stereocenters. The summed E-state index contributed by atoms with van der Waals surface area (Å²) in [5, 5.41) is 47.8. The van der Waals surface area contributed by atoms with E-state index in [2.05, 4.69) is 5.32 Å². The van der Waals surface area contributed by atoms with Crippen LogP contribution in [-0.4, -0.2) is 76.0 Å². The van der Waals surface area contributed by atoms with Crippen LogP contribution < -0.4 is 5.32 Å².